The molecule has 4 nitrogen and oxygen atoms in total. The SMILES string of the molecule is COc1ccc2c(c1)N(Cc1ccccc1)CC(C(=O)c1ccccc1)C2=O. The van der Waals surface area contributed by atoms with Crippen LogP contribution in [0.3, 0.4) is 0 Å². The fourth-order valence-corrected chi connectivity index (χ4v) is 3.66. The van der Waals surface area contributed by atoms with Crippen LogP contribution in [0, 0.1) is 5.92 Å². The van der Waals surface area contributed by atoms with Crippen molar-refractivity contribution in [3.63, 3.8) is 0 Å². The molecule has 0 aromatic heterocycles. The number of Topliss-reactive ketones (excluding diaryl/α,β-unsaturated/α-hetero) is 2. The molecule has 0 bridgehead atoms. The van der Waals surface area contributed by atoms with E-state index in [4.69, 9.17) is 4.74 Å². The molecule has 140 valence electrons. The lowest BCUT2D eigenvalue weighted by Gasteiger charge is -2.35. The van der Waals surface area contributed by atoms with Crippen LogP contribution in [0.15, 0.2) is 78.9 Å². The predicted octanol–water partition coefficient (Wildman–Crippen LogP) is 4.40. The lowest BCUT2D eigenvalue weighted by molar-refractivity contribution is 0.0805. The molecule has 0 spiro atoms. The Hall–Kier alpha value is -3.40. The molecule has 1 heterocycles. The van der Waals surface area contributed by atoms with Crippen molar-refractivity contribution in [1.29, 1.82) is 0 Å². The third kappa shape index (κ3) is 3.41. The summed E-state index contributed by atoms with van der Waals surface area (Å²) in [4.78, 5) is 28.3. The minimum absolute atomic E-state index is 0.129. The van der Waals surface area contributed by atoms with Gasteiger partial charge in [0.2, 0.25) is 0 Å². The minimum Gasteiger partial charge on any atom is -0.497 e. The molecule has 4 heteroatoms. The first-order valence-corrected chi connectivity index (χ1v) is 9.28. The highest BCUT2D eigenvalue weighted by Crippen LogP contribution is 2.35. The first-order valence-electron chi connectivity index (χ1n) is 9.28. The zero-order valence-electron chi connectivity index (χ0n) is 15.7. The summed E-state index contributed by atoms with van der Waals surface area (Å²) in [6, 6.07) is 24.5. The largest absolute Gasteiger partial charge is 0.497 e. The Bertz CT molecular complexity index is 999. The van der Waals surface area contributed by atoms with Gasteiger partial charge >= 0.3 is 0 Å². The number of rotatable bonds is 5. The van der Waals surface area contributed by atoms with Crippen LogP contribution in [0.2, 0.25) is 0 Å². The number of nitrogens with zero attached hydrogens (tertiary/aromatic N) is 1. The second kappa shape index (κ2) is 7.69. The summed E-state index contributed by atoms with van der Waals surface area (Å²) >= 11 is 0. The van der Waals surface area contributed by atoms with E-state index in [1.54, 1.807) is 31.4 Å². The summed E-state index contributed by atoms with van der Waals surface area (Å²) < 4.78 is 5.35. The number of carbonyl (C=O) groups is 2. The molecule has 0 radical (unpaired) electrons. The van der Waals surface area contributed by atoms with Crippen molar-refractivity contribution >= 4 is 17.3 Å². The van der Waals surface area contributed by atoms with Crippen molar-refractivity contribution in [2.24, 2.45) is 5.92 Å². The first kappa shape index (κ1) is 18.0. The highest BCUT2D eigenvalue weighted by molar-refractivity contribution is 6.19. The van der Waals surface area contributed by atoms with Crippen LogP contribution in [0.25, 0.3) is 0 Å². The van der Waals surface area contributed by atoms with Crippen LogP contribution in [0.5, 0.6) is 5.75 Å². The van der Waals surface area contributed by atoms with Crippen molar-refractivity contribution in [1.82, 2.24) is 0 Å². The Morgan fingerprint density at radius 3 is 2.36 bits per heavy atom. The van der Waals surface area contributed by atoms with Crippen LogP contribution in [-0.2, 0) is 6.54 Å². The van der Waals surface area contributed by atoms with Crippen LogP contribution < -0.4 is 9.64 Å². The van der Waals surface area contributed by atoms with Gasteiger partial charge in [-0.1, -0.05) is 60.7 Å². The van der Waals surface area contributed by atoms with Gasteiger partial charge in [0.1, 0.15) is 11.7 Å². The van der Waals surface area contributed by atoms with Gasteiger partial charge in [0, 0.05) is 30.3 Å². The number of hydrogen-bond donors (Lipinski definition) is 0. The topological polar surface area (TPSA) is 46.6 Å². The van der Waals surface area contributed by atoms with E-state index >= 15 is 0 Å². The first-order chi connectivity index (χ1) is 13.7. The van der Waals surface area contributed by atoms with Gasteiger partial charge in [-0.05, 0) is 17.7 Å². The molecule has 0 saturated heterocycles. The molecular weight excluding hydrogens is 350 g/mol. The van der Waals surface area contributed by atoms with Crippen molar-refractivity contribution < 1.29 is 14.3 Å². The fourth-order valence-electron chi connectivity index (χ4n) is 3.66. The molecule has 4 rings (SSSR count). The van der Waals surface area contributed by atoms with Crippen LogP contribution >= 0.6 is 0 Å². The summed E-state index contributed by atoms with van der Waals surface area (Å²) in [5.41, 5.74) is 3.07. The number of ketones is 2. The smallest absolute Gasteiger partial charge is 0.177 e. The molecule has 0 amide bonds. The molecule has 28 heavy (non-hydrogen) atoms. The summed E-state index contributed by atoms with van der Waals surface area (Å²) in [7, 11) is 1.61. The standard InChI is InChI=1S/C24H21NO3/c1-28-19-12-13-20-22(14-19)25(15-17-8-4-2-5-9-17)16-21(24(20)27)23(26)18-10-6-3-7-11-18/h2-14,21H,15-16H2,1H3. The Balaban J connectivity index is 1.73. The molecule has 3 aromatic carbocycles. The van der Waals surface area contributed by atoms with Crippen molar-refractivity contribution in [2.75, 3.05) is 18.6 Å². The average Bonchev–Trinajstić information content (AvgIpc) is 2.76. The maximum atomic E-state index is 13.1. The molecule has 0 aliphatic carbocycles. The van der Waals surface area contributed by atoms with Crippen LogP contribution in [-0.4, -0.2) is 25.2 Å². The van der Waals surface area contributed by atoms with Gasteiger partial charge in [-0.25, -0.2) is 0 Å². The van der Waals surface area contributed by atoms with E-state index in [2.05, 4.69) is 4.90 Å². The Kier molecular flexibility index (Phi) is 4.94. The second-order valence-corrected chi connectivity index (χ2v) is 6.90. The van der Waals surface area contributed by atoms with Crippen LogP contribution in [0.1, 0.15) is 26.3 Å². The lowest BCUT2D eigenvalue weighted by Crippen LogP contribution is -2.42. The minimum atomic E-state index is -0.716. The molecule has 1 unspecified atom stereocenters. The number of carbonyl (C=O) groups excluding carboxylic acids is 2. The van der Waals surface area contributed by atoms with E-state index < -0.39 is 5.92 Å². The van der Waals surface area contributed by atoms with Crippen molar-refractivity contribution in [3.05, 3.63) is 95.6 Å². The highest BCUT2D eigenvalue weighted by atomic mass is 16.5. The summed E-state index contributed by atoms with van der Waals surface area (Å²) in [6.07, 6.45) is 0. The molecule has 0 N–H and O–H groups in total. The van der Waals surface area contributed by atoms with Gasteiger partial charge in [-0.3, -0.25) is 9.59 Å². The third-order valence-electron chi connectivity index (χ3n) is 5.12. The molecule has 0 saturated carbocycles. The molecule has 0 fully saturated rings. The molecular formula is C24H21NO3. The highest BCUT2D eigenvalue weighted by Gasteiger charge is 2.37. The molecule has 1 atom stereocenters. The van der Waals surface area contributed by atoms with E-state index in [-0.39, 0.29) is 11.6 Å². The van der Waals surface area contributed by atoms with Crippen molar-refractivity contribution in [3.8, 4) is 5.75 Å². The number of methoxy groups -OCH3 is 1. The molecule has 1 aliphatic rings. The average molecular weight is 371 g/mol. The number of benzene rings is 3. The maximum Gasteiger partial charge on any atom is 0.177 e. The van der Waals surface area contributed by atoms with Gasteiger partial charge in [-0.2, -0.15) is 0 Å². The number of hydrogen-bond acceptors (Lipinski definition) is 4. The van der Waals surface area contributed by atoms with Crippen molar-refractivity contribution in [2.45, 2.75) is 6.54 Å². The number of fused-ring (bicyclic) bond motifs is 1. The Labute approximate surface area is 164 Å². The second-order valence-electron chi connectivity index (χ2n) is 6.90. The van der Waals surface area contributed by atoms with E-state index in [0.717, 1.165) is 11.3 Å². The molecule has 1 aliphatic heterocycles. The quantitative estimate of drug-likeness (QED) is 0.493. The lowest BCUT2D eigenvalue weighted by atomic mass is 9.85. The maximum absolute atomic E-state index is 13.1. The van der Waals surface area contributed by atoms with Gasteiger partial charge in [-0.15, -0.1) is 0 Å². The van der Waals surface area contributed by atoms with Gasteiger partial charge < -0.3 is 9.64 Å². The monoisotopic (exact) mass is 371 g/mol. The zero-order valence-corrected chi connectivity index (χ0v) is 15.7. The number of ether oxygens (including phenoxy) is 1. The normalized spacial score (nSPS) is 15.8. The Morgan fingerprint density at radius 1 is 1.00 bits per heavy atom. The molecule has 3 aromatic rings. The zero-order chi connectivity index (χ0) is 19.5. The summed E-state index contributed by atoms with van der Waals surface area (Å²) in [5.74, 6) is -0.287. The summed E-state index contributed by atoms with van der Waals surface area (Å²) in [5, 5.41) is 0. The van der Waals surface area contributed by atoms with Gasteiger partial charge in [0.25, 0.3) is 0 Å². The third-order valence-corrected chi connectivity index (χ3v) is 5.12. The number of anilines is 1. The van der Waals surface area contributed by atoms with E-state index in [0.29, 0.717) is 30.0 Å². The van der Waals surface area contributed by atoms with E-state index in [1.807, 2.05) is 54.6 Å². The van der Waals surface area contributed by atoms with E-state index in [1.165, 1.54) is 0 Å². The predicted molar refractivity (Wildman–Crippen MR) is 109 cm³/mol. The fraction of sp³-hybridized carbons (Fsp3) is 0.167. The van der Waals surface area contributed by atoms with E-state index in [9.17, 15) is 9.59 Å². The Morgan fingerprint density at radius 2 is 1.68 bits per heavy atom. The van der Waals surface area contributed by atoms with Gasteiger partial charge in [0.05, 0.1) is 12.8 Å². The van der Waals surface area contributed by atoms with Crippen LogP contribution in [0.4, 0.5) is 5.69 Å². The van der Waals surface area contributed by atoms with Gasteiger partial charge in [0.15, 0.2) is 11.6 Å². The summed E-state index contributed by atoms with van der Waals surface area (Å²) in [6.45, 7) is 0.967.